The van der Waals surface area contributed by atoms with Crippen molar-refractivity contribution in [3.05, 3.63) is 63.6 Å². The molecule has 0 spiro atoms. The molecule has 2 aromatic carbocycles. The number of benzene rings is 2. The van der Waals surface area contributed by atoms with Gasteiger partial charge in [0, 0.05) is 5.02 Å². The van der Waals surface area contributed by atoms with Crippen molar-refractivity contribution in [1.82, 2.24) is 0 Å². The lowest BCUT2D eigenvalue weighted by Gasteiger charge is -2.19. The largest absolute Gasteiger partial charge is 0.377 e. The molecule has 0 aliphatic rings. The Morgan fingerprint density at radius 2 is 1.85 bits per heavy atom. The monoisotopic (exact) mass is 304 g/mol. The predicted molar refractivity (Wildman–Crippen MR) is 84.3 cm³/mol. The van der Waals surface area contributed by atoms with E-state index in [1.165, 1.54) is 0 Å². The van der Waals surface area contributed by atoms with Crippen LogP contribution in [0.25, 0.3) is 0 Å². The zero-order valence-corrected chi connectivity index (χ0v) is 12.5. The van der Waals surface area contributed by atoms with E-state index in [9.17, 15) is 0 Å². The van der Waals surface area contributed by atoms with E-state index in [0.29, 0.717) is 10.6 Å². The Morgan fingerprint density at radius 3 is 2.40 bits per heavy atom. The molecule has 0 bridgehead atoms. The Bertz CT molecular complexity index is 630. The van der Waals surface area contributed by atoms with Crippen molar-refractivity contribution in [2.75, 3.05) is 5.32 Å². The predicted octanol–water partition coefficient (Wildman–Crippen LogP) is 5.43. The van der Waals surface area contributed by atoms with Crippen molar-refractivity contribution in [3.8, 4) is 6.07 Å². The maximum Gasteiger partial charge on any atom is 0.0992 e. The van der Waals surface area contributed by atoms with Gasteiger partial charge in [0.05, 0.1) is 28.4 Å². The third-order valence-electron chi connectivity index (χ3n) is 3.11. The maximum atomic E-state index is 8.84. The Kier molecular flexibility index (Phi) is 4.89. The van der Waals surface area contributed by atoms with Gasteiger partial charge in [-0.05, 0) is 42.3 Å². The molecule has 1 atom stereocenters. The zero-order chi connectivity index (χ0) is 14.5. The van der Waals surface area contributed by atoms with Crippen LogP contribution in [0, 0.1) is 11.3 Å². The fraction of sp³-hybridized carbons (Fsp3) is 0.188. The van der Waals surface area contributed by atoms with Crippen LogP contribution in [0.4, 0.5) is 5.69 Å². The molecule has 0 amide bonds. The molecular formula is C16H14Cl2N2. The summed E-state index contributed by atoms with van der Waals surface area (Å²) < 4.78 is 0. The summed E-state index contributed by atoms with van der Waals surface area (Å²) >= 11 is 12.1. The average Bonchev–Trinajstić information content (AvgIpc) is 2.47. The minimum atomic E-state index is 0.151. The third kappa shape index (κ3) is 3.45. The Labute approximate surface area is 128 Å². The van der Waals surface area contributed by atoms with Crippen LogP contribution < -0.4 is 5.32 Å². The minimum absolute atomic E-state index is 0.151. The second-order valence-corrected chi connectivity index (χ2v) is 5.31. The van der Waals surface area contributed by atoms with Crippen molar-refractivity contribution in [2.45, 2.75) is 19.4 Å². The van der Waals surface area contributed by atoms with E-state index in [0.717, 1.165) is 22.7 Å². The Balaban J connectivity index is 2.22. The van der Waals surface area contributed by atoms with Gasteiger partial charge in [0.15, 0.2) is 0 Å². The van der Waals surface area contributed by atoms with Crippen LogP contribution in [-0.2, 0) is 0 Å². The zero-order valence-electron chi connectivity index (χ0n) is 11.0. The van der Waals surface area contributed by atoms with E-state index in [1.54, 1.807) is 12.1 Å². The fourth-order valence-electron chi connectivity index (χ4n) is 2.01. The lowest BCUT2D eigenvalue weighted by Crippen LogP contribution is -2.09. The summed E-state index contributed by atoms with van der Waals surface area (Å²) in [5.74, 6) is 0. The van der Waals surface area contributed by atoms with Crippen LogP contribution >= 0.6 is 23.2 Å². The molecule has 1 unspecified atom stereocenters. The summed E-state index contributed by atoms with van der Waals surface area (Å²) in [6, 6.07) is 15.2. The van der Waals surface area contributed by atoms with Gasteiger partial charge in [0.1, 0.15) is 0 Å². The molecule has 2 aromatic rings. The highest BCUT2D eigenvalue weighted by atomic mass is 35.5. The molecule has 0 fully saturated rings. The standard InChI is InChI=1S/C16H14Cl2N2/c1-2-15(12-4-6-13(17)7-5-12)20-16-8-3-11(10-19)9-14(16)18/h3-9,15,20H,2H2,1H3. The molecule has 102 valence electrons. The molecule has 4 heteroatoms. The lowest BCUT2D eigenvalue weighted by atomic mass is 10.0. The van der Waals surface area contributed by atoms with E-state index >= 15 is 0 Å². The molecule has 20 heavy (non-hydrogen) atoms. The van der Waals surface area contributed by atoms with Crippen molar-refractivity contribution >= 4 is 28.9 Å². The van der Waals surface area contributed by atoms with Crippen molar-refractivity contribution < 1.29 is 0 Å². The van der Waals surface area contributed by atoms with Crippen molar-refractivity contribution in [1.29, 1.82) is 5.26 Å². The molecule has 2 rings (SSSR count). The normalized spacial score (nSPS) is 11.7. The van der Waals surface area contributed by atoms with Crippen LogP contribution in [0.5, 0.6) is 0 Å². The first-order valence-corrected chi connectivity index (χ1v) is 7.11. The van der Waals surface area contributed by atoms with Gasteiger partial charge in [-0.2, -0.15) is 5.26 Å². The first kappa shape index (κ1) is 14.7. The topological polar surface area (TPSA) is 35.8 Å². The highest BCUT2D eigenvalue weighted by Crippen LogP contribution is 2.29. The third-order valence-corrected chi connectivity index (χ3v) is 3.67. The van der Waals surface area contributed by atoms with Crippen molar-refractivity contribution in [3.63, 3.8) is 0 Å². The van der Waals surface area contributed by atoms with Crippen LogP contribution in [0.15, 0.2) is 42.5 Å². The van der Waals surface area contributed by atoms with E-state index in [4.69, 9.17) is 28.5 Å². The molecule has 0 aromatic heterocycles. The summed E-state index contributed by atoms with van der Waals surface area (Å²) in [6.45, 7) is 2.10. The van der Waals surface area contributed by atoms with Crippen LogP contribution in [0.1, 0.15) is 30.5 Å². The van der Waals surface area contributed by atoms with Crippen molar-refractivity contribution in [2.24, 2.45) is 0 Å². The molecule has 0 saturated carbocycles. The molecular weight excluding hydrogens is 291 g/mol. The average molecular weight is 305 g/mol. The van der Waals surface area contributed by atoms with Crippen LogP contribution in [0.2, 0.25) is 10.0 Å². The van der Waals surface area contributed by atoms with Gasteiger partial charge < -0.3 is 5.32 Å². The van der Waals surface area contributed by atoms with Gasteiger partial charge in [-0.25, -0.2) is 0 Å². The number of rotatable bonds is 4. The number of hydrogen-bond acceptors (Lipinski definition) is 2. The molecule has 0 saturated heterocycles. The smallest absolute Gasteiger partial charge is 0.0992 e. The summed E-state index contributed by atoms with van der Waals surface area (Å²) in [5.41, 5.74) is 2.53. The second kappa shape index (κ2) is 6.65. The van der Waals surface area contributed by atoms with E-state index in [1.807, 2.05) is 30.3 Å². The number of nitriles is 1. The highest BCUT2D eigenvalue weighted by Gasteiger charge is 2.11. The van der Waals surface area contributed by atoms with E-state index in [-0.39, 0.29) is 6.04 Å². The Hall–Kier alpha value is -1.69. The summed E-state index contributed by atoms with van der Waals surface area (Å²) in [4.78, 5) is 0. The second-order valence-electron chi connectivity index (χ2n) is 4.46. The number of halogens is 2. The summed E-state index contributed by atoms with van der Waals surface area (Å²) in [7, 11) is 0. The number of hydrogen-bond donors (Lipinski definition) is 1. The molecule has 1 N–H and O–H groups in total. The summed E-state index contributed by atoms with van der Waals surface area (Å²) in [5, 5.41) is 13.5. The number of nitrogens with one attached hydrogen (secondary N) is 1. The van der Waals surface area contributed by atoms with E-state index in [2.05, 4.69) is 18.3 Å². The number of nitrogens with zero attached hydrogens (tertiary/aromatic N) is 1. The van der Waals surface area contributed by atoms with Gasteiger partial charge >= 0.3 is 0 Å². The highest BCUT2D eigenvalue weighted by molar-refractivity contribution is 6.33. The molecule has 0 heterocycles. The maximum absolute atomic E-state index is 8.84. The first-order valence-electron chi connectivity index (χ1n) is 6.35. The molecule has 0 aliphatic heterocycles. The quantitative estimate of drug-likeness (QED) is 0.817. The Morgan fingerprint density at radius 1 is 1.15 bits per heavy atom. The fourth-order valence-corrected chi connectivity index (χ4v) is 2.37. The van der Waals surface area contributed by atoms with Gasteiger partial charge in [0.25, 0.3) is 0 Å². The minimum Gasteiger partial charge on any atom is -0.377 e. The van der Waals surface area contributed by atoms with Crippen LogP contribution in [-0.4, -0.2) is 0 Å². The van der Waals surface area contributed by atoms with Gasteiger partial charge in [-0.3, -0.25) is 0 Å². The van der Waals surface area contributed by atoms with E-state index < -0.39 is 0 Å². The number of anilines is 1. The van der Waals surface area contributed by atoms with Gasteiger partial charge in [-0.1, -0.05) is 42.3 Å². The van der Waals surface area contributed by atoms with Gasteiger partial charge in [-0.15, -0.1) is 0 Å². The molecule has 0 radical (unpaired) electrons. The lowest BCUT2D eigenvalue weighted by molar-refractivity contribution is 0.749. The van der Waals surface area contributed by atoms with Crippen LogP contribution in [0.3, 0.4) is 0 Å². The van der Waals surface area contributed by atoms with Gasteiger partial charge in [0.2, 0.25) is 0 Å². The SMILES string of the molecule is CCC(Nc1ccc(C#N)cc1Cl)c1ccc(Cl)cc1. The molecule has 2 nitrogen and oxygen atoms in total. The summed E-state index contributed by atoms with van der Waals surface area (Å²) in [6.07, 6.45) is 0.915. The first-order chi connectivity index (χ1) is 9.63. The molecule has 0 aliphatic carbocycles.